The molecular formula is C18H21FN2O3. The first-order valence-electron chi connectivity index (χ1n) is 7.79. The van der Waals surface area contributed by atoms with Gasteiger partial charge in [0.05, 0.1) is 19.2 Å². The first-order chi connectivity index (χ1) is 11.5. The van der Waals surface area contributed by atoms with Crippen molar-refractivity contribution in [2.75, 3.05) is 0 Å². The van der Waals surface area contributed by atoms with Gasteiger partial charge in [0.1, 0.15) is 17.6 Å². The molecule has 0 unspecified atom stereocenters. The van der Waals surface area contributed by atoms with E-state index in [2.05, 4.69) is 10.6 Å². The number of carbonyl (C=O) groups is 2. The van der Waals surface area contributed by atoms with E-state index in [0.717, 1.165) is 0 Å². The fraction of sp³-hybridized carbons (Fsp3) is 0.333. The molecule has 128 valence electrons. The molecule has 1 aromatic carbocycles. The standard InChI is InChI=1S/C18H21FN2O3/c1-12(2)17(18(23)20-11-15-4-3-9-24-15)21-16(22)10-13-5-7-14(19)8-6-13/h3-9,12,17H,10-11H2,1-2H3,(H,20,23)(H,21,22)/t17-/m1/s1. The monoisotopic (exact) mass is 332 g/mol. The fourth-order valence-corrected chi connectivity index (χ4v) is 2.24. The lowest BCUT2D eigenvalue weighted by Gasteiger charge is -2.21. The Labute approximate surface area is 140 Å². The molecule has 0 radical (unpaired) electrons. The highest BCUT2D eigenvalue weighted by Gasteiger charge is 2.24. The zero-order valence-corrected chi connectivity index (χ0v) is 13.7. The number of carbonyl (C=O) groups excluding carboxylic acids is 2. The van der Waals surface area contributed by atoms with Crippen LogP contribution in [0.4, 0.5) is 4.39 Å². The van der Waals surface area contributed by atoms with Gasteiger partial charge in [0, 0.05) is 0 Å². The van der Waals surface area contributed by atoms with Crippen molar-refractivity contribution in [3.8, 4) is 0 Å². The second kappa shape index (κ2) is 8.29. The van der Waals surface area contributed by atoms with Crippen LogP contribution in [0.15, 0.2) is 47.1 Å². The van der Waals surface area contributed by atoms with Crippen molar-refractivity contribution in [2.45, 2.75) is 32.9 Å². The van der Waals surface area contributed by atoms with E-state index in [-0.39, 0.29) is 36.5 Å². The highest BCUT2D eigenvalue weighted by Crippen LogP contribution is 2.07. The lowest BCUT2D eigenvalue weighted by molar-refractivity contribution is -0.129. The second-order valence-corrected chi connectivity index (χ2v) is 5.89. The van der Waals surface area contributed by atoms with Crippen LogP contribution >= 0.6 is 0 Å². The molecule has 0 aliphatic heterocycles. The van der Waals surface area contributed by atoms with Gasteiger partial charge in [-0.05, 0) is 35.7 Å². The summed E-state index contributed by atoms with van der Waals surface area (Å²) in [6, 6.07) is 8.57. The fourth-order valence-electron chi connectivity index (χ4n) is 2.24. The third-order valence-corrected chi connectivity index (χ3v) is 3.56. The van der Waals surface area contributed by atoms with Crippen LogP contribution in [0.1, 0.15) is 25.2 Å². The molecule has 0 fully saturated rings. The van der Waals surface area contributed by atoms with Gasteiger partial charge in [-0.3, -0.25) is 9.59 Å². The average molecular weight is 332 g/mol. The number of benzene rings is 1. The lowest BCUT2D eigenvalue weighted by atomic mass is 10.0. The minimum absolute atomic E-state index is 0.0706. The van der Waals surface area contributed by atoms with Gasteiger partial charge in [0.2, 0.25) is 11.8 Å². The highest BCUT2D eigenvalue weighted by atomic mass is 19.1. The van der Waals surface area contributed by atoms with E-state index in [0.29, 0.717) is 11.3 Å². The van der Waals surface area contributed by atoms with E-state index in [1.165, 1.54) is 18.4 Å². The first-order valence-corrected chi connectivity index (χ1v) is 7.79. The molecule has 0 saturated heterocycles. The SMILES string of the molecule is CC(C)[C@@H](NC(=O)Cc1ccc(F)cc1)C(=O)NCc1ccco1. The zero-order chi connectivity index (χ0) is 17.5. The van der Waals surface area contributed by atoms with Gasteiger partial charge >= 0.3 is 0 Å². The van der Waals surface area contributed by atoms with E-state index < -0.39 is 6.04 Å². The summed E-state index contributed by atoms with van der Waals surface area (Å²) in [4.78, 5) is 24.4. The van der Waals surface area contributed by atoms with Gasteiger partial charge in [-0.15, -0.1) is 0 Å². The molecule has 0 spiro atoms. The summed E-state index contributed by atoms with van der Waals surface area (Å²) in [5.41, 5.74) is 0.687. The maximum absolute atomic E-state index is 12.9. The summed E-state index contributed by atoms with van der Waals surface area (Å²) in [5.74, 6) is -0.332. The van der Waals surface area contributed by atoms with Gasteiger partial charge in [0.15, 0.2) is 0 Å². The van der Waals surface area contributed by atoms with E-state index in [9.17, 15) is 14.0 Å². The molecule has 2 aromatic rings. The predicted molar refractivity (Wildman–Crippen MR) is 87.4 cm³/mol. The Morgan fingerprint density at radius 1 is 1.17 bits per heavy atom. The molecule has 0 saturated carbocycles. The number of hydrogen-bond acceptors (Lipinski definition) is 3. The Hall–Kier alpha value is -2.63. The molecule has 2 N–H and O–H groups in total. The maximum atomic E-state index is 12.9. The van der Waals surface area contributed by atoms with Crippen LogP contribution in [0, 0.1) is 11.7 Å². The summed E-state index contributed by atoms with van der Waals surface area (Å²) in [6.45, 7) is 3.98. The quantitative estimate of drug-likeness (QED) is 0.818. The Morgan fingerprint density at radius 2 is 1.88 bits per heavy atom. The smallest absolute Gasteiger partial charge is 0.243 e. The van der Waals surface area contributed by atoms with Crippen molar-refractivity contribution in [3.05, 3.63) is 59.8 Å². The Balaban J connectivity index is 1.90. The molecule has 0 aliphatic rings. The van der Waals surface area contributed by atoms with Gasteiger partial charge in [-0.25, -0.2) is 4.39 Å². The number of halogens is 1. The molecule has 2 rings (SSSR count). The van der Waals surface area contributed by atoms with Crippen LogP contribution < -0.4 is 10.6 Å². The number of amides is 2. The van der Waals surface area contributed by atoms with Crippen LogP contribution in [-0.2, 0) is 22.6 Å². The van der Waals surface area contributed by atoms with E-state index in [1.807, 2.05) is 13.8 Å². The van der Waals surface area contributed by atoms with Crippen molar-refractivity contribution >= 4 is 11.8 Å². The molecule has 0 bridgehead atoms. The van der Waals surface area contributed by atoms with Crippen LogP contribution in [0.5, 0.6) is 0 Å². The molecule has 1 atom stereocenters. The number of nitrogens with one attached hydrogen (secondary N) is 2. The second-order valence-electron chi connectivity index (χ2n) is 5.89. The zero-order valence-electron chi connectivity index (χ0n) is 13.7. The number of hydrogen-bond donors (Lipinski definition) is 2. The molecule has 1 aromatic heterocycles. The highest BCUT2D eigenvalue weighted by molar-refractivity contribution is 5.88. The third kappa shape index (κ3) is 5.22. The number of furan rings is 1. The maximum Gasteiger partial charge on any atom is 0.243 e. The summed E-state index contributed by atoms with van der Waals surface area (Å²) < 4.78 is 18.0. The van der Waals surface area contributed by atoms with Crippen molar-refractivity contribution in [3.63, 3.8) is 0 Å². The molecule has 2 amide bonds. The minimum Gasteiger partial charge on any atom is -0.467 e. The van der Waals surface area contributed by atoms with Gasteiger partial charge < -0.3 is 15.1 Å². The van der Waals surface area contributed by atoms with Crippen LogP contribution in [-0.4, -0.2) is 17.9 Å². The lowest BCUT2D eigenvalue weighted by Crippen LogP contribution is -2.49. The van der Waals surface area contributed by atoms with E-state index in [4.69, 9.17) is 4.42 Å². The molecule has 5 nitrogen and oxygen atoms in total. The summed E-state index contributed by atoms with van der Waals surface area (Å²) in [6.07, 6.45) is 1.63. The van der Waals surface area contributed by atoms with E-state index >= 15 is 0 Å². The molecule has 0 aliphatic carbocycles. The Morgan fingerprint density at radius 3 is 2.46 bits per heavy atom. The molecule has 1 heterocycles. The van der Waals surface area contributed by atoms with Crippen molar-refractivity contribution in [2.24, 2.45) is 5.92 Å². The molecule has 6 heteroatoms. The number of rotatable bonds is 7. The van der Waals surface area contributed by atoms with Gasteiger partial charge in [-0.1, -0.05) is 26.0 Å². The minimum atomic E-state index is -0.645. The summed E-state index contributed by atoms with van der Waals surface area (Å²) in [5, 5.41) is 5.48. The van der Waals surface area contributed by atoms with Crippen LogP contribution in [0.25, 0.3) is 0 Å². The normalized spacial score (nSPS) is 12.0. The van der Waals surface area contributed by atoms with Gasteiger partial charge in [0.25, 0.3) is 0 Å². The van der Waals surface area contributed by atoms with Crippen molar-refractivity contribution < 1.29 is 18.4 Å². The van der Waals surface area contributed by atoms with Crippen LogP contribution in [0.2, 0.25) is 0 Å². The van der Waals surface area contributed by atoms with Gasteiger partial charge in [-0.2, -0.15) is 0 Å². The first kappa shape index (κ1) is 17.7. The third-order valence-electron chi connectivity index (χ3n) is 3.56. The van der Waals surface area contributed by atoms with Crippen molar-refractivity contribution in [1.29, 1.82) is 0 Å². The van der Waals surface area contributed by atoms with Crippen molar-refractivity contribution in [1.82, 2.24) is 10.6 Å². The predicted octanol–water partition coefficient (Wildman–Crippen LogP) is 2.42. The summed E-state index contributed by atoms with van der Waals surface area (Å²) in [7, 11) is 0. The average Bonchev–Trinajstić information content (AvgIpc) is 3.06. The van der Waals surface area contributed by atoms with Crippen LogP contribution in [0.3, 0.4) is 0 Å². The summed E-state index contributed by atoms with van der Waals surface area (Å²) >= 11 is 0. The molecule has 24 heavy (non-hydrogen) atoms. The Bertz CT molecular complexity index is 666. The molecular weight excluding hydrogens is 311 g/mol. The van der Waals surface area contributed by atoms with E-state index in [1.54, 1.807) is 24.3 Å². The Kier molecular flexibility index (Phi) is 6.12. The largest absolute Gasteiger partial charge is 0.467 e. The topological polar surface area (TPSA) is 71.3 Å².